The number of rotatable bonds is 24. The largest absolute Gasteiger partial charge is 0.396 e. The fourth-order valence-electron chi connectivity index (χ4n) is 5.17. The van der Waals surface area contributed by atoms with Crippen LogP contribution in [0.4, 0.5) is 0 Å². The zero-order chi connectivity index (χ0) is 25.1. The number of aliphatic hydroxyl groups is 1. The summed E-state index contributed by atoms with van der Waals surface area (Å²) in [7, 11) is -3.34. The number of aliphatic hydroxyl groups excluding tert-OH is 1. The van der Waals surface area contributed by atoms with Gasteiger partial charge >= 0.3 is 0 Å². The summed E-state index contributed by atoms with van der Waals surface area (Å²) in [6.07, 6.45) is 18.9. The molecule has 0 atom stereocenters. The minimum Gasteiger partial charge on any atom is -0.396 e. The lowest BCUT2D eigenvalue weighted by atomic mass is 9.74. The highest BCUT2D eigenvalue weighted by Gasteiger charge is 2.26. The van der Waals surface area contributed by atoms with Crippen molar-refractivity contribution in [2.75, 3.05) is 19.0 Å². The second kappa shape index (κ2) is 19.1. The van der Waals surface area contributed by atoms with E-state index in [9.17, 15) is 8.42 Å². The van der Waals surface area contributed by atoms with Crippen LogP contribution in [0.3, 0.4) is 0 Å². The molecule has 0 aromatic carbocycles. The van der Waals surface area contributed by atoms with Crippen molar-refractivity contribution in [3.05, 3.63) is 6.61 Å². The number of sulfonamides is 1. The average molecular weight is 491 g/mol. The fraction of sp³-hybridized carbons (Fsp3) is 0.963. The predicted octanol–water partition coefficient (Wildman–Crippen LogP) is 7.13. The van der Waals surface area contributed by atoms with Crippen LogP contribution in [-0.2, 0) is 14.8 Å². The highest BCUT2D eigenvalue weighted by Crippen LogP contribution is 2.39. The number of nitrogens with two attached hydrogens (primary N) is 1. The Morgan fingerprint density at radius 3 is 1.70 bits per heavy atom. The standard InChI is InChI=1S/C27H56NO4S/c1-5-26(6-2,18-10-9-14-22-29)19-11-15-23-32-24-16-12-20-27(7-3,8-4)21-13-17-25-33(28,30)31/h24,29H,5-23,25H2,1-4H3,(H2,28,30,31). The summed E-state index contributed by atoms with van der Waals surface area (Å²) in [4.78, 5) is 0. The van der Waals surface area contributed by atoms with Crippen molar-refractivity contribution in [3.63, 3.8) is 0 Å². The van der Waals surface area contributed by atoms with E-state index in [2.05, 4.69) is 27.7 Å². The van der Waals surface area contributed by atoms with Crippen molar-refractivity contribution in [2.24, 2.45) is 16.0 Å². The number of hydrogen-bond acceptors (Lipinski definition) is 4. The van der Waals surface area contributed by atoms with Gasteiger partial charge in [-0.1, -0.05) is 85.5 Å². The van der Waals surface area contributed by atoms with E-state index in [4.69, 9.17) is 15.0 Å². The van der Waals surface area contributed by atoms with Crippen LogP contribution < -0.4 is 5.14 Å². The Bertz CT molecular complexity index is 542. The predicted molar refractivity (Wildman–Crippen MR) is 141 cm³/mol. The molecule has 6 heteroatoms. The highest BCUT2D eigenvalue weighted by molar-refractivity contribution is 7.89. The average Bonchev–Trinajstić information content (AvgIpc) is 2.80. The summed E-state index contributed by atoms with van der Waals surface area (Å²) in [5.74, 6) is 0.0967. The maximum absolute atomic E-state index is 11.1. The van der Waals surface area contributed by atoms with E-state index in [1.165, 1.54) is 44.9 Å². The molecule has 1 radical (unpaired) electrons. The van der Waals surface area contributed by atoms with Gasteiger partial charge in [0.2, 0.25) is 10.0 Å². The second-order valence-electron chi connectivity index (χ2n) is 10.2. The van der Waals surface area contributed by atoms with Gasteiger partial charge in [-0.15, -0.1) is 0 Å². The Kier molecular flexibility index (Phi) is 19.0. The molecule has 0 aliphatic carbocycles. The summed E-state index contributed by atoms with van der Waals surface area (Å²) in [6.45, 7) is 12.3. The van der Waals surface area contributed by atoms with E-state index in [-0.39, 0.29) is 5.75 Å². The molecule has 33 heavy (non-hydrogen) atoms. The topological polar surface area (TPSA) is 89.6 Å². The molecule has 0 unspecified atom stereocenters. The van der Waals surface area contributed by atoms with Crippen LogP contribution in [0.1, 0.15) is 137 Å². The second-order valence-corrected chi connectivity index (χ2v) is 11.9. The van der Waals surface area contributed by atoms with E-state index in [0.29, 0.717) is 23.9 Å². The van der Waals surface area contributed by atoms with Gasteiger partial charge in [-0.25, -0.2) is 13.6 Å². The van der Waals surface area contributed by atoms with Gasteiger partial charge in [-0.3, -0.25) is 0 Å². The monoisotopic (exact) mass is 490 g/mol. The van der Waals surface area contributed by atoms with Crippen molar-refractivity contribution < 1.29 is 18.3 Å². The third-order valence-electron chi connectivity index (χ3n) is 8.12. The molecular weight excluding hydrogens is 434 g/mol. The van der Waals surface area contributed by atoms with Crippen LogP contribution in [0.5, 0.6) is 0 Å². The molecule has 5 nitrogen and oxygen atoms in total. The molecule has 0 amide bonds. The van der Waals surface area contributed by atoms with Crippen LogP contribution in [0.15, 0.2) is 0 Å². The van der Waals surface area contributed by atoms with Crippen LogP contribution in [0.2, 0.25) is 0 Å². The van der Waals surface area contributed by atoms with Crippen LogP contribution in [0, 0.1) is 17.4 Å². The lowest BCUT2D eigenvalue weighted by Crippen LogP contribution is -2.20. The SMILES string of the molecule is CCC(CC)(CCC[CH]OCCCCC(CC)(CC)CCCCCO)CCCCS(N)(=O)=O. The molecule has 199 valence electrons. The zero-order valence-electron chi connectivity index (χ0n) is 22.4. The van der Waals surface area contributed by atoms with Gasteiger partial charge in [-0.05, 0) is 62.2 Å². The molecule has 3 N–H and O–H groups in total. The molecular formula is C27H56NO4S. The van der Waals surface area contributed by atoms with Gasteiger partial charge in [-0.2, -0.15) is 0 Å². The molecule has 0 aromatic rings. The Hall–Kier alpha value is -0.170. The van der Waals surface area contributed by atoms with Crippen LogP contribution in [-0.4, -0.2) is 32.5 Å². The van der Waals surface area contributed by atoms with Crippen LogP contribution in [0.25, 0.3) is 0 Å². The van der Waals surface area contributed by atoms with Crippen molar-refractivity contribution >= 4 is 10.0 Å². The maximum Gasteiger partial charge on any atom is 0.209 e. The molecule has 0 rings (SSSR count). The van der Waals surface area contributed by atoms with E-state index in [1.54, 1.807) is 0 Å². The molecule has 0 aliphatic heterocycles. The number of hydrogen-bond donors (Lipinski definition) is 2. The Labute approximate surface area is 206 Å². The van der Waals surface area contributed by atoms with Crippen molar-refractivity contribution in [2.45, 2.75) is 137 Å². The quantitative estimate of drug-likeness (QED) is 0.141. The third kappa shape index (κ3) is 16.2. The smallest absolute Gasteiger partial charge is 0.209 e. The summed E-state index contributed by atoms with van der Waals surface area (Å²) in [6, 6.07) is 0. The van der Waals surface area contributed by atoms with Gasteiger partial charge in [0.05, 0.1) is 12.4 Å². The fourth-order valence-corrected chi connectivity index (χ4v) is 5.77. The minimum absolute atomic E-state index is 0.0967. The lowest BCUT2D eigenvalue weighted by Gasteiger charge is -2.32. The number of primary sulfonamides is 1. The lowest BCUT2D eigenvalue weighted by molar-refractivity contribution is 0.157. The van der Waals surface area contributed by atoms with E-state index in [0.717, 1.165) is 64.4 Å². The molecule has 0 bridgehead atoms. The Balaban J connectivity index is 4.01. The van der Waals surface area contributed by atoms with Gasteiger partial charge in [0.15, 0.2) is 0 Å². The Morgan fingerprint density at radius 2 is 1.21 bits per heavy atom. The summed E-state index contributed by atoms with van der Waals surface area (Å²) in [5.41, 5.74) is 0.782. The zero-order valence-corrected chi connectivity index (χ0v) is 23.2. The van der Waals surface area contributed by atoms with Gasteiger partial charge in [0.25, 0.3) is 0 Å². The first-order valence-electron chi connectivity index (χ1n) is 13.8. The number of ether oxygens (including phenoxy) is 1. The van der Waals surface area contributed by atoms with Crippen molar-refractivity contribution in [1.82, 2.24) is 0 Å². The van der Waals surface area contributed by atoms with Crippen molar-refractivity contribution in [3.8, 4) is 0 Å². The summed E-state index contributed by atoms with van der Waals surface area (Å²) in [5, 5.41) is 14.1. The normalized spacial score (nSPS) is 13.0. The molecule has 0 aromatic heterocycles. The van der Waals surface area contributed by atoms with Gasteiger partial charge in [0.1, 0.15) is 0 Å². The third-order valence-corrected chi connectivity index (χ3v) is 8.98. The summed E-state index contributed by atoms with van der Waals surface area (Å²) >= 11 is 0. The molecule has 0 heterocycles. The Morgan fingerprint density at radius 1 is 0.727 bits per heavy atom. The van der Waals surface area contributed by atoms with Crippen LogP contribution >= 0.6 is 0 Å². The minimum atomic E-state index is -3.34. The molecule has 0 saturated heterocycles. The molecule has 0 aliphatic rings. The molecule has 0 fully saturated rings. The first-order chi connectivity index (χ1) is 15.7. The van der Waals surface area contributed by atoms with E-state index < -0.39 is 10.0 Å². The molecule has 0 spiro atoms. The molecule has 0 saturated carbocycles. The summed E-state index contributed by atoms with van der Waals surface area (Å²) < 4.78 is 28.1. The first kappa shape index (κ1) is 32.8. The highest BCUT2D eigenvalue weighted by atomic mass is 32.2. The van der Waals surface area contributed by atoms with E-state index >= 15 is 0 Å². The first-order valence-corrected chi connectivity index (χ1v) is 15.5. The number of unbranched alkanes of at least 4 members (excludes halogenated alkanes) is 5. The van der Waals surface area contributed by atoms with Gasteiger partial charge in [0, 0.05) is 13.2 Å². The van der Waals surface area contributed by atoms with Gasteiger partial charge < -0.3 is 9.84 Å². The maximum atomic E-state index is 11.1. The van der Waals surface area contributed by atoms with Crippen molar-refractivity contribution in [1.29, 1.82) is 0 Å². The van der Waals surface area contributed by atoms with E-state index in [1.807, 2.05) is 6.61 Å².